The molecule has 0 radical (unpaired) electrons. The first kappa shape index (κ1) is 14.5. The summed E-state index contributed by atoms with van der Waals surface area (Å²) in [5.41, 5.74) is 3.54. The summed E-state index contributed by atoms with van der Waals surface area (Å²) in [7, 11) is 0. The van der Waals surface area contributed by atoms with Crippen LogP contribution in [0.3, 0.4) is 0 Å². The van der Waals surface area contributed by atoms with Crippen LogP contribution in [0.4, 0.5) is 4.39 Å². The molecule has 3 nitrogen and oxygen atoms in total. The van der Waals surface area contributed by atoms with Crippen LogP contribution in [0.25, 0.3) is 11.0 Å². The molecule has 0 aliphatic heterocycles. The first-order chi connectivity index (χ1) is 10.1. The minimum Gasteiger partial charge on any atom is -0.457 e. The summed E-state index contributed by atoms with van der Waals surface area (Å²) in [6.45, 7) is 0. The van der Waals surface area contributed by atoms with Crippen molar-refractivity contribution in [3.63, 3.8) is 0 Å². The van der Waals surface area contributed by atoms with E-state index < -0.39 is 6.04 Å². The second-order valence-corrected chi connectivity index (χ2v) is 5.90. The second kappa shape index (κ2) is 5.77. The minimum absolute atomic E-state index is 0.376. The van der Waals surface area contributed by atoms with Crippen molar-refractivity contribution in [3.8, 4) is 0 Å². The molecule has 2 aromatic carbocycles. The fourth-order valence-corrected chi connectivity index (χ4v) is 2.80. The molecule has 1 aromatic heterocycles. The van der Waals surface area contributed by atoms with Gasteiger partial charge in [-0.3, -0.25) is 5.84 Å². The summed E-state index contributed by atoms with van der Waals surface area (Å²) in [6.07, 6.45) is 0. The van der Waals surface area contributed by atoms with Gasteiger partial charge >= 0.3 is 0 Å². The highest BCUT2D eigenvalue weighted by Gasteiger charge is 2.21. The number of hydrogen-bond donors (Lipinski definition) is 2. The lowest BCUT2D eigenvalue weighted by molar-refractivity contribution is 0.462. The molecule has 108 valence electrons. The molecule has 1 unspecified atom stereocenters. The molecule has 0 spiro atoms. The van der Waals surface area contributed by atoms with Crippen LogP contribution >= 0.6 is 27.5 Å². The number of rotatable bonds is 3. The molecule has 3 rings (SSSR count). The van der Waals surface area contributed by atoms with Crippen molar-refractivity contribution in [1.82, 2.24) is 5.43 Å². The summed E-state index contributed by atoms with van der Waals surface area (Å²) < 4.78 is 20.5. The monoisotopic (exact) mass is 368 g/mol. The van der Waals surface area contributed by atoms with Crippen molar-refractivity contribution < 1.29 is 8.81 Å². The van der Waals surface area contributed by atoms with Gasteiger partial charge < -0.3 is 4.42 Å². The van der Waals surface area contributed by atoms with Crippen LogP contribution < -0.4 is 11.3 Å². The number of benzene rings is 2. The van der Waals surface area contributed by atoms with E-state index in [4.69, 9.17) is 21.9 Å². The zero-order chi connectivity index (χ0) is 15.0. The molecule has 0 saturated carbocycles. The Morgan fingerprint density at radius 1 is 1.24 bits per heavy atom. The average Bonchev–Trinajstić information content (AvgIpc) is 2.87. The second-order valence-electron chi connectivity index (χ2n) is 4.57. The van der Waals surface area contributed by atoms with Gasteiger partial charge in [-0.05, 0) is 24.3 Å². The molecule has 1 heterocycles. The molecule has 0 saturated heterocycles. The third kappa shape index (κ3) is 2.70. The zero-order valence-electron chi connectivity index (χ0n) is 10.7. The molecular weight excluding hydrogens is 359 g/mol. The van der Waals surface area contributed by atoms with Crippen LogP contribution in [-0.4, -0.2) is 0 Å². The van der Waals surface area contributed by atoms with Crippen molar-refractivity contribution in [2.45, 2.75) is 6.04 Å². The molecule has 21 heavy (non-hydrogen) atoms. The van der Waals surface area contributed by atoms with Gasteiger partial charge in [0, 0.05) is 15.4 Å². The Balaban J connectivity index is 2.11. The van der Waals surface area contributed by atoms with Gasteiger partial charge in [-0.2, -0.15) is 0 Å². The Kier molecular flexibility index (Phi) is 3.99. The van der Waals surface area contributed by atoms with Gasteiger partial charge in [-0.15, -0.1) is 0 Å². The quantitative estimate of drug-likeness (QED) is 0.526. The molecule has 6 heteroatoms. The van der Waals surface area contributed by atoms with Gasteiger partial charge in [0.15, 0.2) is 5.58 Å². The van der Waals surface area contributed by atoms with Gasteiger partial charge in [-0.1, -0.05) is 45.7 Å². The molecule has 3 aromatic rings. The van der Waals surface area contributed by atoms with Crippen LogP contribution in [0.15, 0.2) is 51.4 Å². The van der Waals surface area contributed by atoms with Crippen molar-refractivity contribution in [2.75, 3.05) is 0 Å². The Labute approximate surface area is 134 Å². The molecular formula is C15H11BrClFN2O. The van der Waals surface area contributed by atoms with Crippen LogP contribution in [-0.2, 0) is 0 Å². The molecule has 0 amide bonds. The highest BCUT2D eigenvalue weighted by molar-refractivity contribution is 9.10. The first-order valence-electron chi connectivity index (χ1n) is 6.19. The number of fused-ring (bicyclic) bond motifs is 1. The normalized spacial score (nSPS) is 12.8. The summed E-state index contributed by atoms with van der Waals surface area (Å²) >= 11 is 9.32. The van der Waals surface area contributed by atoms with Crippen molar-refractivity contribution in [2.24, 2.45) is 5.84 Å². The predicted octanol–water partition coefficient (Wildman–Crippen LogP) is 4.54. The summed E-state index contributed by atoms with van der Waals surface area (Å²) in [5, 5.41) is 1.35. The van der Waals surface area contributed by atoms with E-state index in [0.717, 1.165) is 5.39 Å². The fourth-order valence-electron chi connectivity index (χ4n) is 2.25. The minimum atomic E-state index is -0.596. The third-order valence-electron chi connectivity index (χ3n) is 3.24. The molecule has 0 bridgehead atoms. The lowest BCUT2D eigenvalue weighted by Crippen LogP contribution is -2.29. The Morgan fingerprint density at radius 2 is 2.05 bits per heavy atom. The maximum Gasteiger partial charge on any atom is 0.152 e. The third-order valence-corrected chi connectivity index (χ3v) is 4.03. The highest BCUT2D eigenvalue weighted by atomic mass is 79.9. The number of nitrogens with two attached hydrogens (primary N) is 1. The van der Waals surface area contributed by atoms with Crippen LogP contribution in [0.1, 0.15) is 17.4 Å². The van der Waals surface area contributed by atoms with Gasteiger partial charge in [0.05, 0.1) is 5.02 Å². The number of para-hydroxylation sites is 1. The van der Waals surface area contributed by atoms with Crippen LogP contribution in [0.2, 0.25) is 5.02 Å². The molecule has 1 atom stereocenters. The first-order valence-corrected chi connectivity index (χ1v) is 7.36. The number of halogens is 3. The molecule has 0 fully saturated rings. The molecule has 0 aliphatic rings. The van der Waals surface area contributed by atoms with E-state index in [1.54, 1.807) is 24.3 Å². The Hall–Kier alpha value is -1.40. The van der Waals surface area contributed by atoms with E-state index in [2.05, 4.69) is 21.4 Å². The number of nitrogens with one attached hydrogen (secondary N) is 1. The van der Waals surface area contributed by atoms with Crippen LogP contribution in [0, 0.1) is 5.82 Å². The Bertz CT molecular complexity index is 805. The van der Waals surface area contributed by atoms with Crippen molar-refractivity contribution in [3.05, 3.63) is 69.1 Å². The van der Waals surface area contributed by atoms with E-state index in [0.29, 0.717) is 26.4 Å². The van der Waals surface area contributed by atoms with E-state index in [1.807, 2.05) is 12.1 Å². The van der Waals surface area contributed by atoms with E-state index in [9.17, 15) is 4.39 Å². The molecule has 0 aliphatic carbocycles. The average molecular weight is 370 g/mol. The lowest BCUT2D eigenvalue weighted by Gasteiger charge is -2.14. The SMILES string of the molecule is NNC(c1cc2cccc(Cl)c2o1)c1ccc(Br)cc1F. The number of hydrogen-bond acceptors (Lipinski definition) is 3. The summed E-state index contributed by atoms with van der Waals surface area (Å²) in [4.78, 5) is 0. The fraction of sp³-hybridized carbons (Fsp3) is 0.0667. The van der Waals surface area contributed by atoms with Gasteiger partial charge in [-0.25, -0.2) is 9.82 Å². The van der Waals surface area contributed by atoms with Crippen molar-refractivity contribution in [1.29, 1.82) is 0 Å². The largest absolute Gasteiger partial charge is 0.457 e. The summed E-state index contributed by atoms with van der Waals surface area (Å²) in [5.74, 6) is 5.71. The van der Waals surface area contributed by atoms with Gasteiger partial charge in [0.1, 0.15) is 17.6 Å². The maximum absolute atomic E-state index is 14.1. The van der Waals surface area contributed by atoms with Crippen LogP contribution in [0.5, 0.6) is 0 Å². The highest BCUT2D eigenvalue weighted by Crippen LogP contribution is 2.33. The number of hydrazine groups is 1. The number of furan rings is 1. The van der Waals surface area contributed by atoms with E-state index >= 15 is 0 Å². The maximum atomic E-state index is 14.1. The predicted molar refractivity (Wildman–Crippen MR) is 84.5 cm³/mol. The van der Waals surface area contributed by atoms with Gasteiger partial charge in [0.2, 0.25) is 0 Å². The van der Waals surface area contributed by atoms with E-state index in [-0.39, 0.29) is 5.82 Å². The standard InChI is InChI=1S/C15H11BrClFN2O/c16-9-4-5-10(12(18)7-9)14(20-19)13-6-8-2-1-3-11(17)15(8)21-13/h1-7,14,20H,19H2. The topological polar surface area (TPSA) is 51.2 Å². The van der Waals surface area contributed by atoms with Crippen molar-refractivity contribution >= 4 is 38.5 Å². The Morgan fingerprint density at radius 3 is 2.71 bits per heavy atom. The van der Waals surface area contributed by atoms with Gasteiger partial charge in [0.25, 0.3) is 0 Å². The smallest absolute Gasteiger partial charge is 0.152 e. The van der Waals surface area contributed by atoms with E-state index in [1.165, 1.54) is 6.07 Å². The zero-order valence-corrected chi connectivity index (χ0v) is 13.1. The molecule has 3 N–H and O–H groups in total. The summed E-state index contributed by atoms with van der Waals surface area (Å²) in [6, 6.07) is 11.4. The lowest BCUT2D eigenvalue weighted by atomic mass is 10.0.